The second-order valence-electron chi connectivity index (χ2n) is 4.00. The molecule has 2 N–H and O–H groups in total. The summed E-state index contributed by atoms with van der Waals surface area (Å²) in [6.07, 6.45) is 3.19. The first-order valence-electron chi connectivity index (χ1n) is 5.94. The third-order valence-corrected chi connectivity index (χ3v) is 3.38. The molecule has 2 rings (SSSR count). The number of amides is 1. The maximum Gasteiger partial charge on any atom is 0.244 e. The lowest BCUT2D eigenvalue weighted by atomic mass is 10.1. The highest BCUT2D eigenvalue weighted by atomic mass is 79.9. The summed E-state index contributed by atoms with van der Waals surface area (Å²) in [7, 11) is 0. The van der Waals surface area contributed by atoms with Crippen LogP contribution in [0.1, 0.15) is 6.92 Å². The highest BCUT2D eigenvalue weighted by Crippen LogP contribution is 2.24. The minimum atomic E-state index is -0.232. The van der Waals surface area contributed by atoms with Crippen molar-refractivity contribution in [2.24, 2.45) is 0 Å². The highest BCUT2D eigenvalue weighted by molar-refractivity contribution is 9.10. The van der Waals surface area contributed by atoms with Crippen LogP contribution in [0.3, 0.4) is 0 Å². The Morgan fingerprint density at radius 1 is 1.72 bits per heavy atom. The Hall–Kier alpha value is -1.21. The van der Waals surface area contributed by atoms with Gasteiger partial charge in [0.15, 0.2) is 0 Å². The molecule has 0 saturated carbocycles. The molecule has 1 aliphatic rings. The van der Waals surface area contributed by atoms with Gasteiger partial charge in [-0.25, -0.2) is 9.97 Å². The van der Waals surface area contributed by atoms with E-state index in [9.17, 15) is 4.79 Å². The van der Waals surface area contributed by atoms with Crippen LogP contribution >= 0.6 is 15.9 Å². The fourth-order valence-corrected chi connectivity index (χ4v) is 2.45. The lowest BCUT2D eigenvalue weighted by Gasteiger charge is -2.36. The predicted molar refractivity (Wildman–Crippen MR) is 72.4 cm³/mol. The Morgan fingerprint density at radius 2 is 2.56 bits per heavy atom. The maximum atomic E-state index is 12.0. The zero-order chi connectivity index (χ0) is 13.0. The Bertz CT molecular complexity index is 428. The minimum absolute atomic E-state index is 0.0233. The summed E-state index contributed by atoms with van der Waals surface area (Å²) in [5.41, 5.74) is 0. The normalized spacial score (nSPS) is 19.7. The second-order valence-corrected chi connectivity index (χ2v) is 4.86. The van der Waals surface area contributed by atoms with Gasteiger partial charge < -0.3 is 15.5 Å². The standard InChI is InChI=1S/C11H16BrN5O/c1-2-15-11(18)9-6-13-3-4-17(9)10-8(12)5-14-7-16-10/h5,7,9,13H,2-4,6H2,1H3,(H,15,18). The Morgan fingerprint density at radius 3 is 3.28 bits per heavy atom. The summed E-state index contributed by atoms with van der Waals surface area (Å²) in [5, 5.41) is 6.09. The van der Waals surface area contributed by atoms with E-state index >= 15 is 0 Å². The summed E-state index contributed by atoms with van der Waals surface area (Å²) < 4.78 is 0.807. The quantitative estimate of drug-likeness (QED) is 0.831. The van der Waals surface area contributed by atoms with E-state index in [-0.39, 0.29) is 11.9 Å². The molecular formula is C11H16BrN5O. The number of likely N-dealkylation sites (N-methyl/N-ethyl adjacent to an activating group) is 1. The van der Waals surface area contributed by atoms with E-state index in [0.717, 1.165) is 23.4 Å². The molecule has 18 heavy (non-hydrogen) atoms. The largest absolute Gasteiger partial charge is 0.355 e. The van der Waals surface area contributed by atoms with E-state index in [4.69, 9.17) is 0 Å². The first-order valence-corrected chi connectivity index (χ1v) is 6.74. The van der Waals surface area contributed by atoms with Gasteiger partial charge in [-0.1, -0.05) is 0 Å². The van der Waals surface area contributed by atoms with E-state index in [2.05, 4.69) is 36.5 Å². The average molecular weight is 314 g/mol. The molecule has 2 heterocycles. The van der Waals surface area contributed by atoms with Gasteiger partial charge in [0.25, 0.3) is 0 Å². The van der Waals surface area contributed by atoms with Gasteiger partial charge >= 0.3 is 0 Å². The lowest BCUT2D eigenvalue weighted by Crippen LogP contribution is -2.58. The number of anilines is 1. The first kappa shape index (κ1) is 13.2. The molecule has 0 aliphatic carbocycles. The molecule has 1 unspecified atom stereocenters. The van der Waals surface area contributed by atoms with Crippen molar-refractivity contribution < 1.29 is 4.79 Å². The topological polar surface area (TPSA) is 70.2 Å². The number of aromatic nitrogens is 2. The molecule has 6 nitrogen and oxygen atoms in total. The van der Waals surface area contributed by atoms with Gasteiger partial charge in [-0.15, -0.1) is 0 Å². The monoisotopic (exact) mass is 313 g/mol. The third-order valence-electron chi connectivity index (χ3n) is 2.82. The molecule has 1 aromatic rings. The molecule has 0 bridgehead atoms. The van der Waals surface area contributed by atoms with Crippen LogP contribution < -0.4 is 15.5 Å². The molecule has 1 atom stereocenters. The summed E-state index contributed by atoms with van der Waals surface area (Å²) in [6.45, 7) is 4.76. The predicted octanol–water partition coefficient (Wildman–Crippen LogP) is 0.153. The molecule has 1 aliphatic heterocycles. The smallest absolute Gasteiger partial charge is 0.244 e. The van der Waals surface area contributed by atoms with E-state index in [1.807, 2.05) is 11.8 Å². The SMILES string of the molecule is CCNC(=O)C1CNCCN1c1ncncc1Br. The van der Waals surface area contributed by atoms with Crippen molar-refractivity contribution in [2.75, 3.05) is 31.1 Å². The van der Waals surface area contributed by atoms with Crippen LogP contribution in [0.5, 0.6) is 0 Å². The number of nitrogens with one attached hydrogen (secondary N) is 2. The van der Waals surface area contributed by atoms with Crippen molar-refractivity contribution in [2.45, 2.75) is 13.0 Å². The number of carbonyl (C=O) groups excluding carboxylic acids is 1. The van der Waals surface area contributed by atoms with Crippen molar-refractivity contribution in [3.8, 4) is 0 Å². The Labute approximate surface area is 114 Å². The van der Waals surface area contributed by atoms with Crippen molar-refractivity contribution in [3.63, 3.8) is 0 Å². The third kappa shape index (κ3) is 2.78. The van der Waals surface area contributed by atoms with Crippen LogP contribution in [0.4, 0.5) is 5.82 Å². The molecule has 0 radical (unpaired) electrons. The number of hydrogen-bond donors (Lipinski definition) is 2. The van der Waals surface area contributed by atoms with Crippen LogP contribution in [-0.2, 0) is 4.79 Å². The van der Waals surface area contributed by atoms with Gasteiger partial charge in [0.05, 0.1) is 4.47 Å². The maximum absolute atomic E-state index is 12.0. The molecule has 0 aromatic carbocycles. The fourth-order valence-electron chi connectivity index (χ4n) is 2.00. The number of piperazine rings is 1. The molecule has 1 amide bonds. The molecule has 0 spiro atoms. The van der Waals surface area contributed by atoms with Gasteiger partial charge in [0.2, 0.25) is 5.91 Å². The van der Waals surface area contributed by atoms with Crippen molar-refractivity contribution in [3.05, 3.63) is 17.0 Å². The number of carbonyl (C=O) groups is 1. The molecule has 1 fully saturated rings. The Balaban J connectivity index is 2.23. The number of hydrogen-bond acceptors (Lipinski definition) is 5. The Kier molecular flexibility index (Phi) is 4.48. The van der Waals surface area contributed by atoms with E-state index in [0.29, 0.717) is 13.1 Å². The molecule has 1 saturated heterocycles. The molecule has 98 valence electrons. The number of nitrogens with zero attached hydrogens (tertiary/aromatic N) is 3. The summed E-state index contributed by atoms with van der Waals surface area (Å²) in [5.74, 6) is 0.790. The van der Waals surface area contributed by atoms with Crippen LogP contribution in [0.15, 0.2) is 17.0 Å². The van der Waals surface area contributed by atoms with Crippen LogP contribution in [0.25, 0.3) is 0 Å². The minimum Gasteiger partial charge on any atom is -0.355 e. The highest BCUT2D eigenvalue weighted by Gasteiger charge is 2.30. The molecule has 1 aromatic heterocycles. The van der Waals surface area contributed by atoms with Crippen molar-refractivity contribution in [1.29, 1.82) is 0 Å². The number of rotatable bonds is 3. The fraction of sp³-hybridized carbons (Fsp3) is 0.545. The van der Waals surface area contributed by atoms with Crippen LogP contribution in [0, 0.1) is 0 Å². The summed E-state index contributed by atoms with van der Waals surface area (Å²) in [6, 6.07) is -0.232. The van der Waals surface area contributed by atoms with E-state index in [1.165, 1.54) is 6.33 Å². The first-order chi connectivity index (χ1) is 8.74. The molecular weight excluding hydrogens is 298 g/mol. The van der Waals surface area contributed by atoms with Gasteiger partial charge in [-0.05, 0) is 22.9 Å². The average Bonchev–Trinajstić information content (AvgIpc) is 2.40. The van der Waals surface area contributed by atoms with Crippen molar-refractivity contribution >= 4 is 27.7 Å². The summed E-state index contributed by atoms with van der Waals surface area (Å²) >= 11 is 3.43. The van der Waals surface area contributed by atoms with Crippen LogP contribution in [-0.4, -0.2) is 48.1 Å². The zero-order valence-electron chi connectivity index (χ0n) is 10.2. The molecule has 7 heteroatoms. The zero-order valence-corrected chi connectivity index (χ0v) is 11.8. The van der Waals surface area contributed by atoms with Gasteiger partial charge in [-0.3, -0.25) is 4.79 Å². The second kappa shape index (κ2) is 6.10. The van der Waals surface area contributed by atoms with Crippen molar-refractivity contribution in [1.82, 2.24) is 20.6 Å². The van der Waals surface area contributed by atoms with E-state index < -0.39 is 0 Å². The summed E-state index contributed by atoms with van der Waals surface area (Å²) in [4.78, 5) is 22.2. The number of halogens is 1. The lowest BCUT2D eigenvalue weighted by molar-refractivity contribution is -0.122. The van der Waals surface area contributed by atoms with Gasteiger partial charge in [0, 0.05) is 32.4 Å². The van der Waals surface area contributed by atoms with Gasteiger partial charge in [-0.2, -0.15) is 0 Å². The van der Waals surface area contributed by atoms with E-state index in [1.54, 1.807) is 6.20 Å². The van der Waals surface area contributed by atoms with Crippen LogP contribution in [0.2, 0.25) is 0 Å². The van der Waals surface area contributed by atoms with Gasteiger partial charge in [0.1, 0.15) is 18.2 Å².